The van der Waals surface area contributed by atoms with Crippen molar-refractivity contribution in [3.05, 3.63) is 35.4 Å². The number of ketones is 1. The summed E-state index contributed by atoms with van der Waals surface area (Å²) >= 11 is 0. The third-order valence-corrected chi connectivity index (χ3v) is 2.66. The van der Waals surface area contributed by atoms with Crippen molar-refractivity contribution >= 4 is 11.7 Å². The lowest BCUT2D eigenvalue weighted by Crippen LogP contribution is -2.42. The number of amides is 1. The maximum Gasteiger partial charge on any atom is 0.253 e. The van der Waals surface area contributed by atoms with Gasteiger partial charge in [0.1, 0.15) is 0 Å². The van der Waals surface area contributed by atoms with Crippen LogP contribution in [0.15, 0.2) is 24.3 Å². The Morgan fingerprint density at radius 1 is 1.20 bits per heavy atom. The Labute approximate surface area is 88.7 Å². The van der Waals surface area contributed by atoms with Crippen molar-refractivity contribution in [2.24, 2.45) is 0 Å². The number of rotatable bonds is 2. The molecule has 0 spiro atoms. The van der Waals surface area contributed by atoms with Gasteiger partial charge in [-0.1, -0.05) is 12.1 Å². The topological polar surface area (TPSA) is 37.4 Å². The van der Waals surface area contributed by atoms with Crippen molar-refractivity contribution in [2.45, 2.75) is 13.3 Å². The molecule has 0 saturated carbocycles. The average Bonchev–Trinajstić information content (AvgIpc) is 2.15. The SMILES string of the molecule is CC(=O)c1cccc(C(=O)N2CCC2)c1. The van der Waals surface area contributed by atoms with Gasteiger partial charge < -0.3 is 4.90 Å². The third kappa shape index (κ3) is 1.91. The third-order valence-electron chi connectivity index (χ3n) is 2.66. The molecule has 0 unspecified atom stereocenters. The lowest BCUT2D eigenvalue weighted by Gasteiger charge is -2.30. The first-order chi connectivity index (χ1) is 7.18. The number of benzene rings is 1. The van der Waals surface area contributed by atoms with E-state index in [4.69, 9.17) is 0 Å². The molecule has 1 aliphatic heterocycles. The van der Waals surface area contributed by atoms with E-state index in [9.17, 15) is 9.59 Å². The van der Waals surface area contributed by atoms with Crippen molar-refractivity contribution in [1.29, 1.82) is 0 Å². The van der Waals surface area contributed by atoms with E-state index < -0.39 is 0 Å². The van der Waals surface area contributed by atoms with Gasteiger partial charge in [-0.05, 0) is 25.5 Å². The van der Waals surface area contributed by atoms with Crippen LogP contribution in [0.25, 0.3) is 0 Å². The second-order valence-electron chi connectivity index (χ2n) is 3.78. The van der Waals surface area contributed by atoms with Gasteiger partial charge in [0.05, 0.1) is 0 Å². The first-order valence-corrected chi connectivity index (χ1v) is 5.09. The van der Waals surface area contributed by atoms with Crippen LogP contribution >= 0.6 is 0 Å². The lowest BCUT2D eigenvalue weighted by molar-refractivity contribution is 0.0652. The monoisotopic (exact) mass is 203 g/mol. The minimum atomic E-state index is -0.00624. The van der Waals surface area contributed by atoms with Crippen molar-refractivity contribution < 1.29 is 9.59 Å². The molecule has 0 aliphatic carbocycles. The van der Waals surface area contributed by atoms with Crippen LogP contribution in [0.1, 0.15) is 34.1 Å². The van der Waals surface area contributed by atoms with Crippen molar-refractivity contribution in [1.82, 2.24) is 4.90 Å². The normalized spacial score (nSPS) is 14.6. The first-order valence-electron chi connectivity index (χ1n) is 5.09. The molecule has 1 saturated heterocycles. The highest BCUT2D eigenvalue weighted by molar-refractivity contribution is 5.99. The van der Waals surface area contributed by atoms with Crippen LogP contribution in [0.2, 0.25) is 0 Å². The fraction of sp³-hybridized carbons (Fsp3) is 0.333. The van der Waals surface area contributed by atoms with E-state index in [1.807, 2.05) is 0 Å². The zero-order chi connectivity index (χ0) is 10.8. The van der Waals surface area contributed by atoms with E-state index in [0.717, 1.165) is 19.5 Å². The average molecular weight is 203 g/mol. The fourth-order valence-electron chi connectivity index (χ4n) is 1.57. The van der Waals surface area contributed by atoms with E-state index in [1.165, 1.54) is 6.92 Å². The zero-order valence-corrected chi connectivity index (χ0v) is 8.69. The van der Waals surface area contributed by atoms with Gasteiger partial charge in [-0.2, -0.15) is 0 Å². The molecular weight excluding hydrogens is 190 g/mol. The summed E-state index contributed by atoms with van der Waals surface area (Å²) in [5, 5.41) is 0. The quantitative estimate of drug-likeness (QED) is 0.686. The number of hydrogen-bond acceptors (Lipinski definition) is 2. The van der Waals surface area contributed by atoms with Gasteiger partial charge in [0.25, 0.3) is 5.91 Å². The molecule has 15 heavy (non-hydrogen) atoms. The van der Waals surface area contributed by atoms with E-state index >= 15 is 0 Å². The Kier molecular flexibility index (Phi) is 2.54. The highest BCUT2D eigenvalue weighted by atomic mass is 16.2. The number of carbonyl (C=O) groups excluding carboxylic acids is 2. The van der Waals surface area contributed by atoms with E-state index in [0.29, 0.717) is 11.1 Å². The van der Waals surface area contributed by atoms with Crippen LogP contribution in [0, 0.1) is 0 Å². The maximum absolute atomic E-state index is 11.8. The Morgan fingerprint density at radius 2 is 1.87 bits per heavy atom. The number of Topliss-reactive ketones (excluding diaryl/α,β-unsaturated/α-hetero) is 1. The molecule has 0 atom stereocenters. The summed E-state index contributed by atoms with van der Waals surface area (Å²) in [4.78, 5) is 24.8. The molecule has 1 heterocycles. The van der Waals surface area contributed by atoms with Gasteiger partial charge in [-0.15, -0.1) is 0 Å². The molecule has 1 aliphatic rings. The molecule has 1 fully saturated rings. The van der Waals surface area contributed by atoms with Crippen LogP contribution in [0.5, 0.6) is 0 Å². The molecule has 0 bridgehead atoms. The van der Waals surface area contributed by atoms with Crippen LogP contribution in [-0.2, 0) is 0 Å². The molecule has 1 aromatic carbocycles. The lowest BCUT2D eigenvalue weighted by atomic mass is 10.1. The predicted molar refractivity (Wildman–Crippen MR) is 57.0 cm³/mol. The van der Waals surface area contributed by atoms with Gasteiger partial charge in [0, 0.05) is 24.2 Å². The van der Waals surface area contributed by atoms with Gasteiger partial charge in [-0.25, -0.2) is 0 Å². The fourth-order valence-corrected chi connectivity index (χ4v) is 1.57. The molecule has 3 heteroatoms. The summed E-state index contributed by atoms with van der Waals surface area (Å²) in [5.74, 6) is 0.0256. The van der Waals surface area contributed by atoms with Crippen molar-refractivity contribution in [3.8, 4) is 0 Å². The minimum Gasteiger partial charge on any atom is -0.339 e. The number of nitrogens with zero attached hydrogens (tertiary/aromatic N) is 1. The minimum absolute atomic E-state index is 0.00624. The zero-order valence-electron chi connectivity index (χ0n) is 8.69. The summed E-state index contributed by atoms with van der Waals surface area (Å²) in [6.07, 6.45) is 1.08. The van der Waals surface area contributed by atoms with Gasteiger partial charge >= 0.3 is 0 Å². The molecule has 0 N–H and O–H groups in total. The molecule has 0 radical (unpaired) electrons. The molecule has 1 aromatic rings. The molecule has 78 valence electrons. The summed E-state index contributed by atoms with van der Waals surface area (Å²) in [6, 6.07) is 6.91. The maximum atomic E-state index is 11.8. The van der Waals surface area contributed by atoms with Crippen molar-refractivity contribution in [3.63, 3.8) is 0 Å². The molecule has 3 nitrogen and oxygen atoms in total. The highest BCUT2D eigenvalue weighted by Crippen LogP contribution is 2.14. The van der Waals surface area contributed by atoms with E-state index in [2.05, 4.69) is 0 Å². The second kappa shape index (κ2) is 3.85. The Morgan fingerprint density at radius 3 is 2.40 bits per heavy atom. The summed E-state index contributed by atoms with van der Waals surface area (Å²) in [5.41, 5.74) is 1.21. The molecule has 2 rings (SSSR count). The number of carbonyl (C=O) groups is 2. The second-order valence-corrected chi connectivity index (χ2v) is 3.78. The first kappa shape index (κ1) is 9.90. The standard InChI is InChI=1S/C12H13NO2/c1-9(14)10-4-2-5-11(8-10)12(15)13-6-3-7-13/h2,4-5,8H,3,6-7H2,1H3. The largest absolute Gasteiger partial charge is 0.339 e. The van der Waals surface area contributed by atoms with Gasteiger partial charge in [0.2, 0.25) is 0 Å². The number of hydrogen-bond donors (Lipinski definition) is 0. The van der Waals surface area contributed by atoms with Gasteiger partial charge in [-0.3, -0.25) is 9.59 Å². The van der Waals surface area contributed by atoms with Crippen LogP contribution in [0.4, 0.5) is 0 Å². The Bertz CT molecular complexity index is 408. The summed E-state index contributed by atoms with van der Waals surface area (Å²) in [6.45, 7) is 3.18. The van der Waals surface area contributed by atoms with Gasteiger partial charge in [0.15, 0.2) is 5.78 Å². The van der Waals surface area contributed by atoms with E-state index in [1.54, 1.807) is 29.2 Å². The van der Waals surface area contributed by atoms with E-state index in [-0.39, 0.29) is 11.7 Å². The van der Waals surface area contributed by atoms with Crippen LogP contribution < -0.4 is 0 Å². The molecule has 1 amide bonds. The smallest absolute Gasteiger partial charge is 0.253 e. The number of likely N-dealkylation sites (tertiary alicyclic amines) is 1. The summed E-state index contributed by atoms with van der Waals surface area (Å²) < 4.78 is 0. The highest BCUT2D eigenvalue weighted by Gasteiger charge is 2.21. The predicted octanol–water partition coefficient (Wildman–Crippen LogP) is 1.74. The molecule has 0 aromatic heterocycles. The Balaban J connectivity index is 2.23. The van der Waals surface area contributed by atoms with Crippen LogP contribution in [-0.4, -0.2) is 29.7 Å². The summed E-state index contributed by atoms with van der Waals surface area (Å²) in [7, 11) is 0. The molecular formula is C12H13NO2. The van der Waals surface area contributed by atoms with Crippen molar-refractivity contribution in [2.75, 3.05) is 13.1 Å². The van der Waals surface area contributed by atoms with Crippen LogP contribution in [0.3, 0.4) is 0 Å². The Hall–Kier alpha value is -1.64.